The van der Waals surface area contributed by atoms with E-state index in [0.29, 0.717) is 18.3 Å². The number of carbonyl (C=O) groups excluding carboxylic acids is 2. The largest absolute Gasteiger partial charge is 0.384 e. The Balaban J connectivity index is 0.00000225. The summed E-state index contributed by atoms with van der Waals surface area (Å²) < 4.78 is 0. The van der Waals surface area contributed by atoms with Crippen molar-refractivity contribution in [3.8, 4) is 0 Å². The van der Waals surface area contributed by atoms with Gasteiger partial charge in [-0.05, 0) is 43.4 Å². The van der Waals surface area contributed by atoms with E-state index in [1.165, 1.54) is 5.56 Å². The van der Waals surface area contributed by atoms with Crippen LogP contribution in [-0.2, 0) is 16.1 Å². The Morgan fingerprint density at radius 2 is 1.90 bits per heavy atom. The summed E-state index contributed by atoms with van der Waals surface area (Å²) in [6.07, 6.45) is 0.723. The van der Waals surface area contributed by atoms with Gasteiger partial charge in [-0.1, -0.05) is 36.4 Å². The Bertz CT molecular complexity index is 851. The zero-order chi connectivity index (χ0) is 20.1. The second kappa shape index (κ2) is 11.7. The zero-order valence-electron chi connectivity index (χ0n) is 17.1. The van der Waals surface area contributed by atoms with Gasteiger partial charge in [0.15, 0.2) is 0 Å². The quantitative estimate of drug-likeness (QED) is 0.535. The minimum atomic E-state index is -0.618. The molecular weight excluding hydrogens is 425 g/mol. The van der Waals surface area contributed by atoms with E-state index in [1.807, 2.05) is 31.2 Å². The number of pyridine rings is 1. The van der Waals surface area contributed by atoms with Crippen LogP contribution < -0.4 is 21.7 Å². The lowest BCUT2D eigenvalue weighted by Crippen LogP contribution is -2.50. The summed E-state index contributed by atoms with van der Waals surface area (Å²) in [4.78, 5) is 29.0. The van der Waals surface area contributed by atoms with Crippen molar-refractivity contribution in [2.24, 2.45) is 0 Å². The van der Waals surface area contributed by atoms with E-state index in [1.54, 1.807) is 13.0 Å². The first-order valence-corrected chi connectivity index (χ1v) is 9.52. The van der Waals surface area contributed by atoms with Gasteiger partial charge in [-0.3, -0.25) is 9.59 Å². The minimum absolute atomic E-state index is 0. The molecule has 1 saturated heterocycles. The standard InChI is InChI=1S/C21H27N5O2.2ClH/c1-13-16(8-9-19(22)25-13)11-24-20(27)14(2)26-21(28)18-10-17(12-23-18)15-6-4-3-5-7-15;;/h3-9,14,17-18,23H,10-12H2,1-2H3,(H2,22,25)(H,24,27)(H,26,28);2*1H/t14-,17-,18+;;/m0../s1. The number of nitrogens with two attached hydrogens (primary N) is 1. The van der Waals surface area contributed by atoms with Crippen LogP contribution >= 0.6 is 24.8 Å². The number of nitrogen functional groups attached to an aromatic ring is 1. The van der Waals surface area contributed by atoms with Crippen molar-refractivity contribution in [2.75, 3.05) is 12.3 Å². The molecule has 1 aromatic carbocycles. The normalized spacial score (nSPS) is 18.5. The number of nitrogens with zero attached hydrogens (tertiary/aromatic N) is 1. The molecule has 3 rings (SSSR count). The summed E-state index contributed by atoms with van der Waals surface area (Å²) >= 11 is 0. The molecular formula is C21H29Cl2N5O2. The number of amides is 2. The molecule has 2 amide bonds. The summed E-state index contributed by atoms with van der Waals surface area (Å²) in [5, 5.41) is 8.90. The molecule has 30 heavy (non-hydrogen) atoms. The number of aryl methyl sites for hydroxylation is 1. The van der Waals surface area contributed by atoms with Gasteiger partial charge in [-0.15, -0.1) is 24.8 Å². The average molecular weight is 454 g/mol. The van der Waals surface area contributed by atoms with Crippen LogP contribution in [0.15, 0.2) is 42.5 Å². The van der Waals surface area contributed by atoms with Gasteiger partial charge in [0.05, 0.1) is 6.04 Å². The first kappa shape index (κ1) is 25.7. The second-order valence-electron chi connectivity index (χ2n) is 7.23. The third kappa shape index (κ3) is 6.58. The topological polar surface area (TPSA) is 109 Å². The Kier molecular flexibility index (Phi) is 10.0. The maximum atomic E-state index is 12.5. The first-order chi connectivity index (χ1) is 13.4. The molecule has 0 aliphatic carbocycles. The molecule has 0 spiro atoms. The Labute approximate surface area is 189 Å². The van der Waals surface area contributed by atoms with E-state index in [4.69, 9.17) is 5.73 Å². The number of benzene rings is 1. The van der Waals surface area contributed by atoms with Crippen molar-refractivity contribution in [1.82, 2.24) is 20.9 Å². The van der Waals surface area contributed by atoms with Crippen LogP contribution in [0.4, 0.5) is 5.82 Å². The monoisotopic (exact) mass is 453 g/mol. The maximum absolute atomic E-state index is 12.5. The molecule has 1 fully saturated rings. The molecule has 3 atom stereocenters. The molecule has 7 nitrogen and oxygen atoms in total. The van der Waals surface area contributed by atoms with Crippen LogP contribution in [0.2, 0.25) is 0 Å². The fourth-order valence-corrected chi connectivity index (χ4v) is 3.43. The molecule has 0 bridgehead atoms. The molecule has 164 valence electrons. The highest BCUT2D eigenvalue weighted by molar-refractivity contribution is 5.89. The number of hydrogen-bond donors (Lipinski definition) is 4. The highest BCUT2D eigenvalue weighted by atomic mass is 35.5. The van der Waals surface area contributed by atoms with E-state index in [-0.39, 0.29) is 42.7 Å². The molecule has 1 aliphatic heterocycles. The van der Waals surface area contributed by atoms with Crippen LogP contribution in [0, 0.1) is 6.92 Å². The Morgan fingerprint density at radius 3 is 2.57 bits per heavy atom. The third-order valence-electron chi connectivity index (χ3n) is 5.14. The fourth-order valence-electron chi connectivity index (χ4n) is 3.43. The van der Waals surface area contributed by atoms with E-state index in [0.717, 1.165) is 24.2 Å². The van der Waals surface area contributed by atoms with Gasteiger partial charge in [0.25, 0.3) is 0 Å². The van der Waals surface area contributed by atoms with E-state index >= 15 is 0 Å². The zero-order valence-corrected chi connectivity index (χ0v) is 18.7. The Hall–Kier alpha value is -2.35. The predicted octanol–water partition coefficient (Wildman–Crippen LogP) is 2.08. The van der Waals surface area contributed by atoms with Crippen LogP contribution in [-0.4, -0.2) is 35.4 Å². The van der Waals surface area contributed by atoms with Gasteiger partial charge < -0.3 is 21.7 Å². The van der Waals surface area contributed by atoms with Gasteiger partial charge in [0, 0.05) is 18.8 Å². The lowest BCUT2D eigenvalue weighted by molar-refractivity contribution is -0.129. The number of anilines is 1. The van der Waals surface area contributed by atoms with E-state index in [2.05, 4.69) is 33.1 Å². The fraction of sp³-hybridized carbons (Fsp3) is 0.381. The van der Waals surface area contributed by atoms with Gasteiger partial charge in [0.2, 0.25) is 11.8 Å². The summed E-state index contributed by atoms with van der Waals surface area (Å²) in [5.41, 5.74) is 8.54. The lowest BCUT2D eigenvalue weighted by Gasteiger charge is -2.17. The molecule has 2 heterocycles. The van der Waals surface area contributed by atoms with E-state index in [9.17, 15) is 9.59 Å². The molecule has 0 saturated carbocycles. The van der Waals surface area contributed by atoms with Crippen molar-refractivity contribution in [3.05, 3.63) is 59.3 Å². The SMILES string of the molecule is Cc1nc(N)ccc1CNC(=O)[C@H](C)NC(=O)[C@H]1C[C@H](c2ccccc2)CN1.Cl.Cl. The summed E-state index contributed by atoms with van der Waals surface area (Å²) in [6.45, 7) is 4.63. The third-order valence-corrected chi connectivity index (χ3v) is 5.14. The summed E-state index contributed by atoms with van der Waals surface area (Å²) in [5.74, 6) is 0.377. The van der Waals surface area contributed by atoms with E-state index < -0.39 is 6.04 Å². The highest BCUT2D eigenvalue weighted by Crippen LogP contribution is 2.25. The molecule has 1 aromatic heterocycles. The molecule has 2 aromatic rings. The smallest absolute Gasteiger partial charge is 0.242 e. The second-order valence-corrected chi connectivity index (χ2v) is 7.23. The lowest BCUT2D eigenvalue weighted by atomic mass is 9.96. The number of carbonyl (C=O) groups is 2. The summed E-state index contributed by atoms with van der Waals surface area (Å²) in [7, 11) is 0. The predicted molar refractivity (Wildman–Crippen MR) is 123 cm³/mol. The first-order valence-electron chi connectivity index (χ1n) is 9.52. The van der Waals surface area contributed by atoms with Crippen molar-refractivity contribution in [2.45, 2.75) is 44.8 Å². The average Bonchev–Trinajstić information content (AvgIpc) is 3.18. The molecule has 5 N–H and O–H groups in total. The number of nitrogens with one attached hydrogen (secondary N) is 3. The molecule has 0 radical (unpaired) electrons. The number of aromatic nitrogens is 1. The van der Waals surface area contributed by atoms with Crippen LogP contribution in [0.25, 0.3) is 0 Å². The van der Waals surface area contributed by atoms with Crippen LogP contribution in [0.5, 0.6) is 0 Å². The van der Waals surface area contributed by atoms with Gasteiger partial charge >= 0.3 is 0 Å². The summed E-state index contributed by atoms with van der Waals surface area (Å²) in [6, 6.07) is 12.8. The number of hydrogen-bond acceptors (Lipinski definition) is 5. The molecule has 9 heteroatoms. The highest BCUT2D eigenvalue weighted by Gasteiger charge is 2.31. The number of rotatable bonds is 6. The van der Waals surface area contributed by atoms with Crippen molar-refractivity contribution >= 4 is 42.4 Å². The van der Waals surface area contributed by atoms with Gasteiger partial charge in [-0.25, -0.2) is 4.98 Å². The van der Waals surface area contributed by atoms with Crippen molar-refractivity contribution < 1.29 is 9.59 Å². The number of halogens is 2. The maximum Gasteiger partial charge on any atom is 0.242 e. The van der Waals surface area contributed by atoms with Gasteiger partial charge in [-0.2, -0.15) is 0 Å². The van der Waals surface area contributed by atoms with Crippen LogP contribution in [0.1, 0.15) is 36.1 Å². The molecule has 1 aliphatic rings. The van der Waals surface area contributed by atoms with Crippen molar-refractivity contribution in [3.63, 3.8) is 0 Å². The van der Waals surface area contributed by atoms with Gasteiger partial charge in [0.1, 0.15) is 11.9 Å². The Morgan fingerprint density at radius 1 is 1.20 bits per heavy atom. The minimum Gasteiger partial charge on any atom is -0.384 e. The van der Waals surface area contributed by atoms with Crippen molar-refractivity contribution in [1.29, 1.82) is 0 Å². The molecule has 0 unspecified atom stereocenters. The van der Waals surface area contributed by atoms with Crippen LogP contribution in [0.3, 0.4) is 0 Å².